The van der Waals surface area contributed by atoms with Crippen molar-refractivity contribution < 1.29 is 14.3 Å². The molecule has 2 aliphatic rings. The molecule has 2 saturated heterocycles. The molecule has 0 radical (unpaired) electrons. The number of pyridine rings is 1. The van der Waals surface area contributed by atoms with Crippen molar-refractivity contribution in [2.75, 3.05) is 33.4 Å². The highest BCUT2D eigenvalue weighted by atomic mass is 16.5. The topological polar surface area (TPSA) is 71.5 Å². The molecular weight excluding hydrogens is 390 g/mol. The van der Waals surface area contributed by atoms with E-state index in [1.165, 1.54) is 5.56 Å². The highest BCUT2D eigenvalue weighted by Gasteiger charge is 2.50. The summed E-state index contributed by atoms with van der Waals surface area (Å²) < 4.78 is 5.63. The summed E-state index contributed by atoms with van der Waals surface area (Å²) in [6.07, 6.45) is 4.46. The minimum atomic E-state index is -0.830. The molecule has 0 spiro atoms. The van der Waals surface area contributed by atoms with Crippen molar-refractivity contribution in [2.45, 2.75) is 43.4 Å². The Morgan fingerprint density at radius 1 is 1.03 bits per heavy atom. The van der Waals surface area contributed by atoms with Crippen LogP contribution in [-0.4, -0.2) is 55.0 Å². The number of benzene rings is 1. The first-order valence-electron chi connectivity index (χ1n) is 11.1. The molecule has 2 fully saturated rings. The number of aromatic nitrogens is 1. The average molecular weight is 422 g/mol. The maximum absolute atomic E-state index is 14.1. The van der Waals surface area contributed by atoms with Crippen molar-refractivity contribution in [1.29, 1.82) is 0 Å². The van der Waals surface area contributed by atoms with Gasteiger partial charge in [0.2, 0.25) is 11.8 Å². The molecular formula is C25H31N3O3. The van der Waals surface area contributed by atoms with Crippen LogP contribution in [0.1, 0.15) is 42.5 Å². The number of piperidine rings is 1. The molecule has 1 aromatic carbocycles. The standard InChI is InChI=1S/C25H31N3O3/c1-19-7-9-20(10-8-19)24(12-16-31-17-13-24)23(30)28-15-5-11-25(18-28,22(29)26-2)21-6-3-4-14-27-21/h3-4,6-10,14H,5,11-13,15-18H2,1-2H3,(H,26,29)/t25-/m0/s1. The smallest absolute Gasteiger partial charge is 0.233 e. The van der Waals surface area contributed by atoms with Gasteiger partial charge in [0.05, 0.1) is 11.1 Å². The van der Waals surface area contributed by atoms with Crippen LogP contribution in [0, 0.1) is 6.92 Å². The van der Waals surface area contributed by atoms with E-state index in [-0.39, 0.29) is 11.8 Å². The van der Waals surface area contributed by atoms with E-state index in [2.05, 4.69) is 41.5 Å². The fourth-order valence-electron chi connectivity index (χ4n) is 5.15. The van der Waals surface area contributed by atoms with Crippen LogP contribution < -0.4 is 5.32 Å². The Balaban J connectivity index is 1.71. The zero-order valence-corrected chi connectivity index (χ0v) is 18.4. The molecule has 4 rings (SSSR count). The second-order valence-corrected chi connectivity index (χ2v) is 8.77. The Kier molecular flexibility index (Phi) is 6.10. The molecule has 6 heteroatoms. The Hall–Kier alpha value is -2.73. The minimum absolute atomic E-state index is 0.0833. The van der Waals surface area contributed by atoms with Crippen LogP contribution in [0.4, 0.5) is 0 Å². The molecule has 164 valence electrons. The molecule has 2 aromatic rings. The van der Waals surface area contributed by atoms with Gasteiger partial charge in [0.25, 0.3) is 0 Å². The molecule has 2 aliphatic heterocycles. The molecule has 3 heterocycles. The fraction of sp³-hybridized carbons (Fsp3) is 0.480. The van der Waals surface area contributed by atoms with Gasteiger partial charge in [-0.25, -0.2) is 0 Å². The molecule has 0 unspecified atom stereocenters. The largest absolute Gasteiger partial charge is 0.381 e. The van der Waals surface area contributed by atoms with Crippen LogP contribution in [0.2, 0.25) is 0 Å². The summed E-state index contributed by atoms with van der Waals surface area (Å²) in [6.45, 7) is 4.18. The zero-order valence-electron chi connectivity index (χ0n) is 18.4. The molecule has 0 aliphatic carbocycles. The summed E-state index contributed by atoms with van der Waals surface area (Å²) in [5.41, 5.74) is 1.50. The quantitative estimate of drug-likeness (QED) is 0.824. The normalized spacial score (nSPS) is 23.2. The molecule has 1 atom stereocenters. The lowest BCUT2D eigenvalue weighted by atomic mass is 9.70. The van der Waals surface area contributed by atoms with Crippen LogP contribution in [0.3, 0.4) is 0 Å². The number of ether oxygens (including phenoxy) is 1. The van der Waals surface area contributed by atoms with Crippen molar-refractivity contribution in [3.8, 4) is 0 Å². The Labute approximate surface area is 184 Å². The number of hydrogen-bond acceptors (Lipinski definition) is 4. The summed E-state index contributed by atoms with van der Waals surface area (Å²) in [4.78, 5) is 33.6. The second kappa shape index (κ2) is 8.79. The second-order valence-electron chi connectivity index (χ2n) is 8.77. The van der Waals surface area contributed by atoms with Gasteiger partial charge < -0.3 is 15.0 Å². The summed E-state index contributed by atoms with van der Waals surface area (Å²) in [5.74, 6) is 0.0172. The fourth-order valence-corrected chi connectivity index (χ4v) is 5.15. The van der Waals surface area contributed by atoms with Crippen molar-refractivity contribution in [1.82, 2.24) is 15.2 Å². The van der Waals surface area contributed by atoms with Crippen LogP contribution >= 0.6 is 0 Å². The van der Waals surface area contributed by atoms with Crippen LogP contribution in [-0.2, 0) is 25.2 Å². The number of likely N-dealkylation sites (N-methyl/N-ethyl adjacent to an activating group) is 1. The van der Waals surface area contributed by atoms with Gasteiger partial charge >= 0.3 is 0 Å². The lowest BCUT2D eigenvalue weighted by molar-refractivity contribution is -0.145. The highest BCUT2D eigenvalue weighted by molar-refractivity contribution is 5.92. The number of carbonyl (C=O) groups excluding carboxylic acids is 2. The van der Waals surface area contributed by atoms with E-state index in [1.54, 1.807) is 13.2 Å². The predicted molar refractivity (Wildman–Crippen MR) is 119 cm³/mol. The third kappa shape index (κ3) is 3.85. The maximum atomic E-state index is 14.1. The first kappa shape index (κ1) is 21.5. The summed E-state index contributed by atoms with van der Waals surface area (Å²) in [7, 11) is 1.65. The molecule has 2 amide bonds. The lowest BCUT2D eigenvalue weighted by Crippen LogP contribution is -2.59. The third-order valence-corrected chi connectivity index (χ3v) is 6.96. The first-order chi connectivity index (χ1) is 15.0. The number of amides is 2. The van der Waals surface area contributed by atoms with Gasteiger partial charge in [-0.15, -0.1) is 0 Å². The van der Waals surface area contributed by atoms with Gasteiger partial charge in [-0.05, 0) is 50.3 Å². The number of likely N-dealkylation sites (tertiary alicyclic amines) is 1. The Bertz CT molecular complexity index is 923. The number of aryl methyl sites for hydroxylation is 1. The average Bonchev–Trinajstić information content (AvgIpc) is 2.84. The molecule has 0 bridgehead atoms. The monoisotopic (exact) mass is 421 g/mol. The number of nitrogens with zero attached hydrogens (tertiary/aromatic N) is 2. The zero-order chi connectivity index (χ0) is 21.9. The summed E-state index contributed by atoms with van der Waals surface area (Å²) in [5, 5.41) is 2.82. The van der Waals surface area contributed by atoms with Crippen molar-refractivity contribution in [2.24, 2.45) is 0 Å². The highest BCUT2D eigenvalue weighted by Crippen LogP contribution is 2.40. The third-order valence-electron chi connectivity index (χ3n) is 6.96. The molecule has 1 N–H and O–H groups in total. The van der Waals surface area contributed by atoms with Gasteiger partial charge in [0.15, 0.2) is 0 Å². The van der Waals surface area contributed by atoms with Crippen LogP contribution in [0.25, 0.3) is 0 Å². The number of carbonyl (C=O) groups is 2. The van der Waals surface area contributed by atoms with Gasteiger partial charge in [-0.2, -0.15) is 0 Å². The van der Waals surface area contributed by atoms with Crippen LogP contribution in [0.5, 0.6) is 0 Å². The SMILES string of the molecule is CNC(=O)[C@@]1(c2ccccn2)CCCN(C(=O)C2(c3ccc(C)cc3)CCOCC2)C1. The molecule has 0 saturated carbocycles. The van der Waals surface area contributed by atoms with Crippen molar-refractivity contribution in [3.05, 3.63) is 65.5 Å². The van der Waals surface area contributed by atoms with Gasteiger partial charge in [0.1, 0.15) is 5.41 Å². The van der Waals surface area contributed by atoms with Crippen molar-refractivity contribution >= 4 is 11.8 Å². The maximum Gasteiger partial charge on any atom is 0.233 e. The van der Waals surface area contributed by atoms with Gasteiger partial charge in [-0.3, -0.25) is 14.6 Å². The van der Waals surface area contributed by atoms with E-state index in [9.17, 15) is 9.59 Å². The summed E-state index contributed by atoms with van der Waals surface area (Å²) in [6, 6.07) is 13.9. The Morgan fingerprint density at radius 2 is 1.77 bits per heavy atom. The number of hydrogen-bond donors (Lipinski definition) is 1. The first-order valence-corrected chi connectivity index (χ1v) is 11.1. The van der Waals surface area contributed by atoms with E-state index < -0.39 is 10.8 Å². The van der Waals surface area contributed by atoms with Crippen LogP contribution in [0.15, 0.2) is 48.7 Å². The minimum Gasteiger partial charge on any atom is -0.381 e. The van der Waals surface area contributed by atoms with E-state index in [4.69, 9.17) is 4.74 Å². The molecule has 6 nitrogen and oxygen atoms in total. The van der Waals surface area contributed by atoms with Gasteiger partial charge in [-0.1, -0.05) is 35.9 Å². The van der Waals surface area contributed by atoms with E-state index in [1.807, 2.05) is 23.1 Å². The van der Waals surface area contributed by atoms with E-state index in [0.717, 1.165) is 17.7 Å². The number of rotatable bonds is 4. The Morgan fingerprint density at radius 3 is 2.42 bits per heavy atom. The van der Waals surface area contributed by atoms with E-state index in [0.29, 0.717) is 45.6 Å². The summed E-state index contributed by atoms with van der Waals surface area (Å²) >= 11 is 0. The molecule has 31 heavy (non-hydrogen) atoms. The number of nitrogens with one attached hydrogen (secondary N) is 1. The molecule has 1 aromatic heterocycles. The van der Waals surface area contributed by atoms with Gasteiger partial charge in [0, 0.05) is 39.5 Å². The van der Waals surface area contributed by atoms with Crippen molar-refractivity contribution in [3.63, 3.8) is 0 Å². The predicted octanol–water partition coefficient (Wildman–Crippen LogP) is 2.74. The van der Waals surface area contributed by atoms with E-state index >= 15 is 0 Å². The lowest BCUT2D eigenvalue weighted by Gasteiger charge is -2.46.